The molecule has 0 saturated heterocycles. The molecule has 0 aliphatic carbocycles. The van der Waals surface area contributed by atoms with Crippen LogP contribution in [-0.2, 0) is 34.8 Å². The number of aryl methyl sites for hydroxylation is 1. The highest BCUT2D eigenvalue weighted by Crippen LogP contribution is 2.40. The first-order chi connectivity index (χ1) is 29.2. The minimum atomic E-state index is -5.15. The van der Waals surface area contributed by atoms with Crippen molar-refractivity contribution >= 4 is 41.5 Å². The smallest absolute Gasteiger partial charge is 0.417 e. The average molecular weight is 845 g/mol. The number of carbonyl (C=O) groups excluding carboxylic acids is 5. The second-order valence-electron chi connectivity index (χ2n) is 13.6. The van der Waals surface area contributed by atoms with Gasteiger partial charge in [-0.25, -0.2) is 24.0 Å². The maximum atomic E-state index is 15.0. The van der Waals surface area contributed by atoms with E-state index in [4.69, 9.17) is 23.7 Å². The molecule has 62 heavy (non-hydrogen) atoms. The van der Waals surface area contributed by atoms with Crippen LogP contribution in [0.25, 0.3) is 22.8 Å². The van der Waals surface area contributed by atoms with E-state index in [2.05, 4.69) is 38.2 Å². The van der Waals surface area contributed by atoms with Crippen molar-refractivity contribution in [3.05, 3.63) is 173 Å². The van der Waals surface area contributed by atoms with E-state index < -0.39 is 64.0 Å². The molecule has 0 aliphatic rings. The zero-order valence-electron chi connectivity index (χ0n) is 34.3. The zero-order valence-corrected chi connectivity index (χ0v) is 34.3. The quantitative estimate of drug-likeness (QED) is 0.0421. The van der Waals surface area contributed by atoms with Gasteiger partial charge >= 0.3 is 36.0 Å². The summed E-state index contributed by atoms with van der Waals surface area (Å²) in [6, 6.07) is 18.1. The average Bonchev–Trinajstić information content (AvgIpc) is 3.22. The third kappa shape index (κ3) is 12.3. The van der Waals surface area contributed by atoms with Gasteiger partial charge in [0, 0.05) is 39.5 Å². The Bertz CT molecular complexity index is 2630. The fraction of sp³-hybridized carbons (Fsp3) is 0.122. The molecule has 0 radical (unpaired) electrons. The van der Waals surface area contributed by atoms with Gasteiger partial charge in [-0.2, -0.15) is 13.2 Å². The van der Waals surface area contributed by atoms with Crippen molar-refractivity contribution in [2.24, 2.45) is 0 Å². The molecule has 10 nitrogen and oxygen atoms in total. The highest BCUT2D eigenvalue weighted by Gasteiger charge is 2.38. The summed E-state index contributed by atoms with van der Waals surface area (Å²) in [6.45, 7) is 21.6. The molecule has 0 aliphatic heterocycles. The van der Waals surface area contributed by atoms with Crippen molar-refractivity contribution in [2.45, 2.75) is 40.8 Å². The number of esters is 5. The number of halogens is 3. The van der Waals surface area contributed by atoms with Crippen molar-refractivity contribution in [3.8, 4) is 40.2 Å². The van der Waals surface area contributed by atoms with Gasteiger partial charge in [-0.3, -0.25) is 0 Å². The van der Waals surface area contributed by atoms with Crippen LogP contribution in [0.2, 0.25) is 0 Å². The van der Waals surface area contributed by atoms with Crippen LogP contribution in [-0.4, -0.2) is 29.8 Å². The van der Waals surface area contributed by atoms with Gasteiger partial charge in [0.15, 0.2) is 5.75 Å². The molecule has 0 atom stereocenters. The molecule has 0 heterocycles. The molecule has 4 aromatic rings. The molecule has 0 saturated carbocycles. The molecular weight excluding hydrogens is 806 g/mol. The van der Waals surface area contributed by atoms with Crippen LogP contribution < -0.4 is 14.2 Å². The van der Waals surface area contributed by atoms with E-state index in [1.54, 1.807) is 68.4 Å². The maximum absolute atomic E-state index is 15.0. The lowest BCUT2D eigenvalue weighted by Crippen LogP contribution is -2.17. The Morgan fingerprint density at radius 3 is 1.85 bits per heavy atom. The van der Waals surface area contributed by atoms with Crippen LogP contribution in [0.3, 0.4) is 0 Å². The van der Waals surface area contributed by atoms with Gasteiger partial charge in [-0.1, -0.05) is 68.5 Å². The van der Waals surface area contributed by atoms with E-state index in [9.17, 15) is 37.1 Å². The molecule has 0 spiro atoms. The summed E-state index contributed by atoms with van der Waals surface area (Å²) in [4.78, 5) is 62.4. The maximum Gasteiger partial charge on any atom is 0.417 e. The lowest BCUT2D eigenvalue weighted by molar-refractivity contribution is -0.138. The van der Waals surface area contributed by atoms with Crippen molar-refractivity contribution in [2.75, 3.05) is 0 Å². The van der Waals surface area contributed by atoms with E-state index in [0.29, 0.717) is 34.1 Å². The topological polar surface area (TPSA) is 132 Å². The molecule has 316 valence electrons. The highest BCUT2D eigenvalue weighted by atomic mass is 19.4. The Hall–Kier alpha value is -7.98. The molecule has 0 unspecified atom stereocenters. The minimum Gasteiger partial charge on any atom is -0.431 e. The molecule has 13 heteroatoms. The van der Waals surface area contributed by atoms with Crippen LogP contribution in [0, 0.1) is 18.8 Å². The number of benzene rings is 4. The van der Waals surface area contributed by atoms with E-state index in [1.807, 2.05) is 0 Å². The molecule has 4 aromatic carbocycles. The first-order valence-electron chi connectivity index (χ1n) is 18.3. The monoisotopic (exact) mass is 844 g/mol. The van der Waals surface area contributed by atoms with Gasteiger partial charge in [-0.15, -0.1) is 0 Å². The number of alkyl halides is 3. The third-order valence-electron chi connectivity index (χ3n) is 8.46. The molecule has 4 rings (SSSR count). The molecule has 0 amide bonds. The summed E-state index contributed by atoms with van der Waals surface area (Å²) >= 11 is 0. The van der Waals surface area contributed by atoms with Gasteiger partial charge in [-0.05, 0) is 111 Å². The lowest BCUT2D eigenvalue weighted by atomic mass is 9.95. The fourth-order valence-corrected chi connectivity index (χ4v) is 5.14. The Morgan fingerprint density at radius 2 is 1.29 bits per heavy atom. The standard InChI is InChI=1S/C49H39F3O10/c1-10-43(53)62-44-39(23-24-58-45(54)28(2)3)38(21-13-33-11-14-35(15-12-33)36-18-22-42(31(8)25-36)61-47(56)30(6)7)41(49(50,51)52)26-40(44)48(57)59-27-32(9)34-16-19-37(20-17-34)60-46(55)29(4)5/h10-12,14-20,22-27H,1-2,4,6H2,3,5,7-9H3. The van der Waals surface area contributed by atoms with Gasteiger partial charge in [0.1, 0.15) is 17.1 Å². The predicted molar refractivity (Wildman–Crippen MR) is 226 cm³/mol. The molecule has 0 N–H and O–H groups in total. The fourth-order valence-electron chi connectivity index (χ4n) is 5.14. The summed E-state index contributed by atoms with van der Waals surface area (Å²) in [5.41, 5.74) is 0.0151. The van der Waals surface area contributed by atoms with Gasteiger partial charge in [0.25, 0.3) is 0 Å². The Balaban J connectivity index is 1.82. The Morgan fingerprint density at radius 1 is 0.694 bits per heavy atom. The molecule has 0 fully saturated rings. The zero-order chi connectivity index (χ0) is 45.9. The highest BCUT2D eigenvalue weighted by molar-refractivity contribution is 5.98. The van der Waals surface area contributed by atoms with Crippen LogP contribution in [0.1, 0.15) is 71.4 Å². The van der Waals surface area contributed by atoms with Gasteiger partial charge in [0.05, 0.1) is 18.1 Å². The van der Waals surface area contributed by atoms with Crippen molar-refractivity contribution in [1.82, 2.24) is 0 Å². The van der Waals surface area contributed by atoms with Crippen molar-refractivity contribution in [3.63, 3.8) is 0 Å². The minimum absolute atomic E-state index is 0.0354. The van der Waals surface area contributed by atoms with Crippen molar-refractivity contribution < 1.29 is 60.8 Å². The molecular formula is C49H39F3O10. The predicted octanol–water partition coefficient (Wildman–Crippen LogP) is 10.4. The SMILES string of the molecule is C=CC(=O)Oc1c(C(=O)OC=C(C)c2ccc(OC(=O)C(=C)C)cc2)cc(C(F)(F)F)c(C#Cc2ccc(-c3ccc(OC(=O)C(=C)C)c(C)c3)cc2)c1C=COC(=O)C(=C)C. The van der Waals surface area contributed by atoms with Crippen LogP contribution >= 0.6 is 0 Å². The number of ether oxygens (including phenoxy) is 5. The third-order valence-corrected chi connectivity index (χ3v) is 8.46. The largest absolute Gasteiger partial charge is 0.431 e. The summed E-state index contributed by atoms with van der Waals surface area (Å²) < 4.78 is 71.1. The summed E-state index contributed by atoms with van der Waals surface area (Å²) in [6.07, 6.45) is -1.83. The number of hydrogen-bond donors (Lipinski definition) is 0. The first kappa shape index (κ1) is 46.7. The first-order valence-corrected chi connectivity index (χ1v) is 18.3. The summed E-state index contributed by atoms with van der Waals surface area (Å²) in [5, 5.41) is 0. The van der Waals surface area contributed by atoms with Crippen LogP contribution in [0.5, 0.6) is 17.2 Å². The van der Waals surface area contributed by atoms with Crippen LogP contribution in [0.15, 0.2) is 134 Å². The van der Waals surface area contributed by atoms with E-state index in [0.717, 1.165) is 30.2 Å². The van der Waals surface area contributed by atoms with Gasteiger partial charge in [0.2, 0.25) is 0 Å². The van der Waals surface area contributed by atoms with Crippen molar-refractivity contribution in [1.29, 1.82) is 0 Å². The molecule has 0 bridgehead atoms. The van der Waals surface area contributed by atoms with Gasteiger partial charge < -0.3 is 23.7 Å². The summed E-state index contributed by atoms with van der Waals surface area (Å²) in [7, 11) is 0. The number of rotatable bonds is 13. The lowest BCUT2D eigenvalue weighted by Gasteiger charge is -2.18. The van der Waals surface area contributed by atoms with Crippen LogP contribution in [0.4, 0.5) is 13.2 Å². The second-order valence-corrected chi connectivity index (χ2v) is 13.6. The van der Waals surface area contributed by atoms with E-state index >= 15 is 0 Å². The van der Waals surface area contributed by atoms with E-state index in [1.165, 1.54) is 32.9 Å². The normalized spacial score (nSPS) is 11.1. The Labute approximate surface area is 355 Å². The second kappa shape index (κ2) is 20.3. The number of hydrogen-bond acceptors (Lipinski definition) is 10. The summed E-state index contributed by atoms with van der Waals surface area (Å²) in [5.74, 6) is 0.389. The number of allylic oxidation sites excluding steroid dienone is 1. The molecule has 0 aromatic heterocycles. The van der Waals surface area contributed by atoms with E-state index in [-0.39, 0.29) is 28.0 Å². The number of carbonyl (C=O) groups is 5. The Kier molecular flexibility index (Phi) is 15.3.